The van der Waals surface area contributed by atoms with Crippen LogP contribution in [0.15, 0.2) is 54.7 Å². The number of hydrogen-bond acceptors (Lipinski definition) is 5. The number of ether oxygens (including phenoxy) is 2. The van der Waals surface area contributed by atoms with Gasteiger partial charge in [0.1, 0.15) is 11.6 Å². The highest BCUT2D eigenvalue weighted by molar-refractivity contribution is 5.92. The zero-order valence-electron chi connectivity index (χ0n) is 20.0. The van der Waals surface area contributed by atoms with E-state index in [1.807, 2.05) is 32.9 Å². The fourth-order valence-electron chi connectivity index (χ4n) is 4.98. The van der Waals surface area contributed by atoms with E-state index in [1.165, 1.54) is 12.1 Å². The van der Waals surface area contributed by atoms with Crippen LogP contribution in [0, 0.1) is 11.8 Å². The standard InChI is InChI=1S/C26H30F3N3O3/c1-15-11-22(24(15)19-5-8-21(9-6-19)35-26(27,28)29)18(4)25(33)31-20-7-10-23(30-12-20)32-13-16(2)34-17(3)14-32/h5-10,12,16-18,22,24H,1,11,13-14H2,2-4H3,(H,31,33). The summed E-state index contributed by atoms with van der Waals surface area (Å²) < 4.78 is 47.0. The predicted molar refractivity (Wildman–Crippen MR) is 127 cm³/mol. The Labute approximate surface area is 203 Å². The largest absolute Gasteiger partial charge is 0.573 e. The van der Waals surface area contributed by atoms with Crippen LogP contribution in [0.2, 0.25) is 0 Å². The molecule has 0 bridgehead atoms. The predicted octanol–water partition coefficient (Wildman–Crippen LogP) is 5.53. The molecule has 188 valence electrons. The van der Waals surface area contributed by atoms with Gasteiger partial charge in [-0.05, 0) is 56.0 Å². The second-order valence-corrected chi connectivity index (χ2v) is 9.47. The van der Waals surface area contributed by atoms with Crippen LogP contribution in [-0.4, -0.2) is 42.6 Å². The normalized spacial score (nSPS) is 25.5. The number of pyridine rings is 1. The highest BCUT2D eigenvalue weighted by atomic mass is 19.4. The van der Waals surface area contributed by atoms with Crippen molar-refractivity contribution in [2.75, 3.05) is 23.3 Å². The first-order chi connectivity index (χ1) is 16.5. The third-order valence-corrected chi connectivity index (χ3v) is 6.65. The summed E-state index contributed by atoms with van der Waals surface area (Å²) in [6.45, 7) is 11.5. The molecule has 1 aliphatic carbocycles. The number of allylic oxidation sites excluding steroid dienone is 1. The monoisotopic (exact) mass is 489 g/mol. The third kappa shape index (κ3) is 5.96. The maximum Gasteiger partial charge on any atom is 0.573 e. The molecule has 35 heavy (non-hydrogen) atoms. The summed E-state index contributed by atoms with van der Waals surface area (Å²) in [5.41, 5.74) is 2.39. The smallest absolute Gasteiger partial charge is 0.406 e. The Morgan fingerprint density at radius 3 is 2.37 bits per heavy atom. The molecular formula is C26H30F3N3O3. The lowest BCUT2D eigenvalue weighted by molar-refractivity contribution is -0.274. The number of carbonyl (C=O) groups excluding carboxylic acids is 1. The molecule has 4 rings (SSSR count). The SMILES string of the molecule is C=C1CC(C(C)C(=O)Nc2ccc(N3CC(C)OC(C)C3)nc2)C1c1ccc(OC(F)(F)F)cc1. The van der Waals surface area contributed by atoms with Crippen LogP contribution in [0.1, 0.15) is 38.7 Å². The van der Waals surface area contributed by atoms with Crippen molar-refractivity contribution in [1.29, 1.82) is 0 Å². The fraction of sp³-hybridized carbons (Fsp3) is 0.462. The maximum atomic E-state index is 13.0. The van der Waals surface area contributed by atoms with E-state index in [4.69, 9.17) is 4.74 Å². The number of rotatable bonds is 6. The Kier molecular flexibility index (Phi) is 7.07. The summed E-state index contributed by atoms with van der Waals surface area (Å²) in [4.78, 5) is 19.7. The molecule has 1 aliphatic heterocycles. The van der Waals surface area contributed by atoms with Crippen molar-refractivity contribution >= 4 is 17.4 Å². The summed E-state index contributed by atoms with van der Waals surface area (Å²) in [6.07, 6.45) is -2.15. The van der Waals surface area contributed by atoms with Gasteiger partial charge in [0.25, 0.3) is 0 Å². The van der Waals surface area contributed by atoms with Crippen molar-refractivity contribution in [3.05, 3.63) is 60.3 Å². The quantitative estimate of drug-likeness (QED) is 0.541. The summed E-state index contributed by atoms with van der Waals surface area (Å²) in [7, 11) is 0. The number of nitrogens with one attached hydrogen (secondary N) is 1. The number of halogens is 3. The average Bonchev–Trinajstić information content (AvgIpc) is 2.77. The second kappa shape index (κ2) is 9.89. The van der Waals surface area contributed by atoms with E-state index in [0.717, 1.165) is 30.0 Å². The first-order valence-electron chi connectivity index (χ1n) is 11.7. The van der Waals surface area contributed by atoms with E-state index in [9.17, 15) is 18.0 Å². The molecule has 5 unspecified atom stereocenters. The van der Waals surface area contributed by atoms with Crippen LogP contribution in [0.25, 0.3) is 0 Å². The fourth-order valence-corrected chi connectivity index (χ4v) is 4.98. The Bertz CT molecular complexity index is 1050. The third-order valence-electron chi connectivity index (χ3n) is 6.65. The average molecular weight is 490 g/mol. The number of alkyl halides is 3. The second-order valence-electron chi connectivity index (χ2n) is 9.47. The highest BCUT2D eigenvalue weighted by Crippen LogP contribution is 2.50. The van der Waals surface area contributed by atoms with Crippen LogP contribution in [-0.2, 0) is 9.53 Å². The van der Waals surface area contributed by atoms with E-state index in [-0.39, 0.29) is 41.6 Å². The number of amides is 1. The molecule has 0 spiro atoms. The molecule has 1 N–H and O–H groups in total. The molecule has 1 saturated heterocycles. The van der Waals surface area contributed by atoms with E-state index >= 15 is 0 Å². The van der Waals surface area contributed by atoms with Gasteiger partial charge in [0.2, 0.25) is 5.91 Å². The van der Waals surface area contributed by atoms with E-state index in [2.05, 4.69) is 26.5 Å². The van der Waals surface area contributed by atoms with Crippen LogP contribution < -0.4 is 15.0 Å². The van der Waals surface area contributed by atoms with Gasteiger partial charge in [-0.1, -0.05) is 31.2 Å². The van der Waals surface area contributed by atoms with Crippen LogP contribution >= 0.6 is 0 Å². The van der Waals surface area contributed by atoms with Crippen molar-refractivity contribution in [3.63, 3.8) is 0 Å². The van der Waals surface area contributed by atoms with Gasteiger partial charge < -0.3 is 19.7 Å². The molecule has 2 aliphatic rings. The molecule has 2 aromatic rings. The number of benzene rings is 1. The molecule has 1 saturated carbocycles. The van der Waals surface area contributed by atoms with Crippen LogP contribution in [0.3, 0.4) is 0 Å². The lowest BCUT2D eigenvalue weighted by Gasteiger charge is -2.42. The molecule has 1 aromatic carbocycles. The van der Waals surface area contributed by atoms with Gasteiger partial charge in [0.15, 0.2) is 0 Å². The molecule has 1 amide bonds. The number of nitrogens with zero attached hydrogens (tertiary/aromatic N) is 2. The van der Waals surface area contributed by atoms with Crippen molar-refractivity contribution in [3.8, 4) is 5.75 Å². The first-order valence-corrected chi connectivity index (χ1v) is 11.7. The molecule has 6 nitrogen and oxygen atoms in total. The maximum absolute atomic E-state index is 13.0. The molecule has 5 atom stereocenters. The topological polar surface area (TPSA) is 63.7 Å². The number of morpholine rings is 1. The minimum absolute atomic E-state index is 0.000409. The summed E-state index contributed by atoms with van der Waals surface area (Å²) in [5.74, 6) is 0.0173. The van der Waals surface area contributed by atoms with Crippen molar-refractivity contribution in [1.82, 2.24) is 4.98 Å². The van der Waals surface area contributed by atoms with Gasteiger partial charge in [-0.2, -0.15) is 0 Å². The highest BCUT2D eigenvalue weighted by Gasteiger charge is 2.42. The Morgan fingerprint density at radius 2 is 1.83 bits per heavy atom. The molecule has 1 aromatic heterocycles. The summed E-state index contributed by atoms with van der Waals surface area (Å²) in [5, 5.41) is 2.94. The van der Waals surface area contributed by atoms with E-state index in [1.54, 1.807) is 18.3 Å². The minimum atomic E-state index is -4.73. The lowest BCUT2D eigenvalue weighted by Crippen LogP contribution is -2.45. The molecule has 9 heteroatoms. The minimum Gasteiger partial charge on any atom is -0.406 e. The Balaban J connectivity index is 1.37. The number of aromatic nitrogens is 1. The van der Waals surface area contributed by atoms with E-state index < -0.39 is 6.36 Å². The van der Waals surface area contributed by atoms with Gasteiger partial charge in [-0.3, -0.25) is 4.79 Å². The summed E-state index contributed by atoms with van der Waals surface area (Å²) >= 11 is 0. The lowest BCUT2D eigenvalue weighted by atomic mass is 9.61. The molecule has 2 heterocycles. The number of carbonyl (C=O) groups is 1. The molecular weight excluding hydrogens is 459 g/mol. The van der Waals surface area contributed by atoms with Crippen molar-refractivity contribution in [2.45, 2.75) is 51.7 Å². The number of hydrogen-bond donors (Lipinski definition) is 1. The number of anilines is 2. The molecule has 2 fully saturated rings. The van der Waals surface area contributed by atoms with Gasteiger partial charge in [0.05, 0.1) is 24.1 Å². The Morgan fingerprint density at radius 1 is 1.17 bits per heavy atom. The van der Waals surface area contributed by atoms with Gasteiger partial charge >= 0.3 is 6.36 Å². The van der Waals surface area contributed by atoms with Crippen molar-refractivity contribution in [2.24, 2.45) is 11.8 Å². The Hall–Kier alpha value is -3.07. The van der Waals surface area contributed by atoms with E-state index in [0.29, 0.717) is 12.1 Å². The van der Waals surface area contributed by atoms with Crippen molar-refractivity contribution < 1.29 is 27.4 Å². The zero-order valence-corrected chi connectivity index (χ0v) is 20.0. The van der Waals surface area contributed by atoms with Gasteiger partial charge in [-0.25, -0.2) is 4.98 Å². The van der Waals surface area contributed by atoms with Gasteiger partial charge in [-0.15, -0.1) is 13.2 Å². The summed E-state index contributed by atoms with van der Waals surface area (Å²) in [6, 6.07) is 9.52. The van der Waals surface area contributed by atoms with Gasteiger partial charge in [0, 0.05) is 24.9 Å². The van der Waals surface area contributed by atoms with Crippen LogP contribution in [0.4, 0.5) is 24.7 Å². The zero-order chi connectivity index (χ0) is 25.3. The molecule has 0 radical (unpaired) electrons. The van der Waals surface area contributed by atoms with Crippen LogP contribution in [0.5, 0.6) is 5.75 Å². The first kappa shape index (κ1) is 25.0.